The Morgan fingerprint density at radius 2 is 2.09 bits per heavy atom. The molecule has 11 heavy (non-hydrogen) atoms. The quantitative estimate of drug-likeness (QED) is 0.463. The van der Waals surface area contributed by atoms with Crippen LogP contribution in [0, 0.1) is 0 Å². The zero-order valence-electron chi connectivity index (χ0n) is 5.81. The van der Waals surface area contributed by atoms with Gasteiger partial charge in [0.25, 0.3) is 0 Å². The maximum absolute atomic E-state index is 11.4. The SMILES string of the molecule is COC(=O)C=CCC(F)(F)F. The van der Waals surface area contributed by atoms with Gasteiger partial charge in [0.05, 0.1) is 13.5 Å². The van der Waals surface area contributed by atoms with Gasteiger partial charge in [0.2, 0.25) is 0 Å². The van der Waals surface area contributed by atoms with Crippen molar-refractivity contribution in [1.29, 1.82) is 0 Å². The molecule has 0 aliphatic carbocycles. The molecule has 0 aromatic carbocycles. The summed E-state index contributed by atoms with van der Waals surface area (Å²) in [5.41, 5.74) is 0. The summed E-state index contributed by atoms with van der Waals surface area (Å²) in [5, 5.41) is 0. The number of rotatable bonds is 2. The monoisotopic (exact) mass is 168 g/mol. The molecule has 0 bridgehead atoms. The molecule has 5 heteroatoms. The predicted molar refractivity (Wildman–Crippen MR) is 31.8 cm³/mol. The van der Waals surface area contributed by atoms with Crippen molar-refractivity contribution in [2.75, 3.05) is 7.11 Å². The number of ether oxygens (including phenoxy) is 1. The number of allylic oxidation sites excluding steroid dienone is 1. The van der Waals surface area contributed by atoms with Crippen LogP contribution in [0.2, 0.25) is 0 Å². The van der Waals surface area contributed by atoms with Crippen LogP contribution in [0.3, 0.4) is 0 Å². The second-order valence-corrected chi connectivity index (χ2v) is 1.74. The Labute approximate surface area is 61.6 Å². The average Bonchev–Trinajstić information content (AvgIpc) is 1.85. The van der Waals surface area contributed by atoms with Gasteiger partial charge in [-0.2, -0.15) is 13.2 Å². The molecule has 0 N–H and O–H groups in total. The number of hydrogen-bond donors (Lipinski definition) is 0. The van der Waals surface area contributed by atoms with Crippen LogP contribution in [0.1, 0.15) is 6.42 Å². The summed E-state index contributed by atoms with van der Waals surface area (Å²) >= 11 is 0. The van der Waals surface area contributed by atoms with Crippen molar-refractivity contribution in [3.8, 4) is 0 Å². The summed E-state index contributed by atoms with van der Waals surface area (Å²) < 4.78 is 38.3. The highest BCUT2D eigenvalue weighted by molar-refractivity contribution is 5.81. The second kappa shape index (κ2) is 4.00. The molecule has 0 spiro atoms. The maximum atomic E-state index is 11.4. The minimum absolute atomic E-state index is 0.714. The fourth-order valence-corrected chi connectivity index (χ4v) is 0.357. The molecule has 0 fully saturated rings. The van der Waals surface area contributed by atoms with Gasteiger partial charge in [-0.15, -0.1) is 0 Å². The molecule has 0 aromatic heterocycles. The molecule has 64 valence electrons. The standard InChI is InChI=1S/C6H7F3O2/c1-11-5(10)3-2-4-6(7,8)9/h2-3H,4H2,1H3. The van der Waals surface area contributed by atoms with Crippen LogP contribution in [0.4, 0.5) is 13.2 Å². The smallest absolute Gasteiger partial charge is 0.392 e. The molecular weight excluding hydrogens is 161 g/mol. The van der Waals surface area contributed by atoms with Gasteiger partial charge >= 0.3 is 12.1 Å². The lowest BCUT2D eigenvalue weighted by atomic mass is 10.4. The maximum Gasteiger partial charge on any atom is 0.392 e. The molecule has 0 radical (unpaired) electrons. The van der Waals surface area contributed by atoms with E-state index in [1.165, 1.54) is 0 Å². The first-order valence-corrected chi connectivity index (χ1v) is 2.77. The summed E-state index contributed by atoms with van der Waals surface area (Å²) in [7, 11) is 1.10. The zero-order chi connectivity index (χ0) is 8.91. The van der Waals surface area contributed by atoms with Crippen LogP contribution in [0.15, 0.2) is 12.2 Å². The Kier molecular flexibility index (Phi) is 3.64. The van der Waals surface area contributed by atoms with Crippen LogP contribution in [0.5, 0.6) is 0 Å². The van der Waals surface area contributed by atoms with Crippen LogP contribution in [-0.4, -0.2) is 19.3 Å². The largest absolute Gasteiger partial charge is 0.466 e. The number of hydrogen-bond acceptors (Lipinski definition) is 2. The Morgan fingerprint density at radius 1 is 1.55 bits per heavy atom. The highest BCUT2D eigenvalue weighted by atomic mass is 19.4. The van der Waals surface area contributed by atoms with Crippen molar-refractivity contribution in [3.05, 3.63) is 12.2 Å². The average molecular weight is 168 g/mol. The predicted octanol–water partition coefficient (Wildman–Crippen LogP) is 1.67. The first kappa shape index (κ1) is 10.0. The van der Waals surface area contributed by atoms with Crippen LogP contribution in [0.25, 0.3) is 0 Å². The van der Waals surface area contributed by atoms with Crippen LogP contribution < -0.4 is 0 Å². The molecule has 0 amide bonds. The van der Waals surface area contributed by atoms with Crippen molar-refractivity contribution in [2.45, 2.75) is 12.6 Å². The number of carbonyl (C=O) groups is 1. The Balaban J connectivity index is 3.70. The molecule has 0 saturated carbocycles. The van der Waals surface area contributed by atoms with E-state index in [4.69, 9.17) is 0 Å². The normalized spacial score (nSPS) is 12.0. The van der Waals surface area contributed by atoms with Gasteiger partial charge in [0.15, 0.2) is 0 Å². The minimum atomic E-state index is -4.26. The first-order chi connectivity index (χ1) is 4.95. The van der Waals surface area contributed by atoms with Crippen molar-refractivity contribution < 1.29 is 22.7 Å². The molecule has 0 aliphatic rings. The third-order valence-electron chi connectivity index (χ3n) is 0.804. The van der Waals surface area contributed by atoms with E-state index < -0.39 is 18.6 Å². The Hall–Kier alpha value is -1.00. The van der Waals surface area contributed by atoms with Crippen molar-refractivity contribution >= 4 is 5.97 Å². The zero-order valence-corrected chi connectivity index (χ0v) is 5.81. The molecule has 0 unspecified atom stereocenters. The number of halogens is 3. The molecule has 0 aliphatic heterocycles. The van der Waals surface area contributed by atoms with E-state index in [2.05, 4.69) is 4.74 Å². The summed E-state index contributed by atoms with van der Waals surface area (Å²) in [6.07, 6.45) is -3.91. The van der Waals surface area contributed by atoms with Gasteiger partial charge in [0, 0.05) is 6.08 Å². The Morgan fingerprint density at radius 3 is 2.45 bits per heavy atom. The van der Waals surface area contributed by atoms with E-state index >= 15 is 0 Å². The minimum Gasteiger partial charge on any atom is -0.466 e. The molecule has 0 aromatic rings. The van der Waals surface area contributed by atoms with E-state index in [0.29, 0.717) is 6.08 Å². The lowest BCUT2D eigenvalue weighted by molar-refractivity contribution is -0.135. The van der Waals surface area contributed by atoms with Gasteiger partial charge in [-0.25, -0.2) is 4.79 Å². The van der Waals surface area contributed by atoms with Crippen molar-refractivity contribution in [2.24, 2.45) is 0 Å². The number of methoxy groups -OCH3 is 1. The van der Waals surface area contributed by atoms with Gasteiger partial charge in [-0.1, -0.05) is 6.08 Å². The number of carbonyl (C=O) groups excluding carboxylic acids is 1. The number of esters is 1. The lowest BCUT2D eigenvalue weighted by Gasteiger charge is -1.99. The number of alkyl halides is 3. The van der Waals surface area contributed by atoms with Gasteiger partial charge in [0.1, 0.15) is 0 Å². The summed E-state index contributed by atoms with van der Waals surface area (Å²) in [6.45, 7) is 0. The highest BCUT2D eigenvalue weighted by Gasteiger charge is 2.24. The molecule has 0 rings (SSSR count). The first-order valence-electron chi connectivity index (χ1n) is 2.77. The van der Waals surface area contributed by atoms with E-state index in [0.717, 1.165) is 13.2 Å². The highest BCUT2D eigenvalue weighted by Crippen LogP contribution is 2.19. The molecule has 0 atom stereocenters. The summed E-state index contributed by atoms with van der Waals surface area (Å²) in [6, 6.07) is 0. The van der Waals surface area contributed by atoms with E-state index in [1.54, 1.807) is 0 Å². The summed E-state index contributed by atoms with van der Waals surface area (Å²) in [5.74, 6) is -0.783. The van der Waals surface area contributed by atoms with Crippen LogP contribution in [-0.2, 0) is 9.53 Å². The molecule has 2 nitrogen and oxygen atoms in total. The van der Waals surface area contributed by atoms with Crippen LogP contribution >= 0.6 is 0 Å². The van der Waals surface area contributed by atoms with E-state index in [-0.39, 0.29) is 0 Å². The molecule has 0 saturated heterocycles. The topological polar surface area (TPSA) is 26.3 Å². The van der Waals surface area contributed by atoms with Crippen molar-refractivity contribution in [1.82, 2.24) is 0 Å². The molecular formula is C6H7F3O2. The lowest BCUT2D eigenvalue weighted by Crippen LogP contribution is -2.05. The van der Waals surface area contributed by atoms with E-state index in [9.17, 15) is 18.0 Å². The van der Waals surface area contributed by atoms with Crippen molar-refractivity contribution in [3.63, 3.8) is 0 Å². The third kappa shape index (κ3) is 6.89. The third-order valence-corrected chi connectivity index (χ3v) is 0.804. The Bertz CT molecular complexity index is 160. The van der Waals surface area contributed by atoms with Gasteiger partial charge in [-0.3, -0.25) is 0 Å². The summed E-state index contributed by atoms with van der Waals surface area (Å²) in [4.78, 5) is 10.2. The fourth-order valence-electron chi connectivity index (χ4n) is 0.357. The van der Waals surface area contributed by atoms with Gasteiger partial charge in [-0.05, 0) is 0 Å². The second-order valence-electron chi connectivity index (χ2n) is 1.74. The molecule has 0 heterocycles. The van der Waals surface area contributed by atoms with E-state index in [1.807, 2.05) is 0 Å². The van der Waals surface area contributed by atoms with Gasteiger partial charge < -0.3 is 4.74 Å². The fraction of sp³-hybridized carbons (Fsp3) is 0.500.